The number of aliphatic hydroxyl groups excluding tert-OH is 1. The molecule has 0 saturated carbocycles. The molecular formula is C12H25NO3. The summed E-state index contributed by atoms with van der Waals surface area (Å²) < 4.78 is 4.76. The Kier molecular flexibility index (Phi) is 8.21. The van der Waals surface area contributed by atoms with E-state index in [0.717, 1.165) is 19.3 Å². The van der Waals surface area contributed by atoms with Gasteiger partial charge < -0.3 is 15.2 Å². The Balaban J connectivity index is 4.24. The summed E-state index contributed by atoms with van der Waals surface area (Å²) in [5.74, 6) is -0.0841. The fourth-order valence-corrected chi connectivity index (χ4v) is 1.46. The van der Waals surface area contributed by atoms with Crippen molar-refractivity contribution in [1.82, 2.24) is 5.32 Å². The molecule has 4 nitrogen and oxygen atoms in total. The van der Waals surface area contributed by atoms with E-state index in [4.69, 9.17) is 9.84 Å². The molecule has 0 aliphatic carbocycles. The number of aliphatic hydroxyl groups is 1. The van der Waals surface area contributed by atoms with Gasteiger partial charge in [0.15, 0.2) is 0 Å². The second-order valence-electron chi connectivity index (χ2n) is 4.33. The number of esters is 1. The highest BCUT2D eigenvalue weighted by Crippen LogP contribution is 2.07. The van der Waals surface area contributed by atoms with Gasteiger partial charge in [0.1, 0.15) is 6.04 Å². The average molecular weight is 231 g/mol. The Morgan fingerprint density at radius 3 is 2.50 bits per heavy atom. The lowest BCUT2D eigenvalue weighted by molar-refractivity contribution is -0.143. The third-order valence-corrected chi connectivity index (χ3v) is 2.94. The molecule has 3 atom stereocenters. The second kappa shape index (κ2) is 8.53. The van der Waals surface area contributed by atoms with Crippen LogP contribution < -0.4 is 5.32 Å². The lowest BCUT2D eigenvalue weighted by atomic mass is 10.0. The van der Waals surface area contributed by atoms with Crippen LogP contribution in [0.5, 0.6) is 0 Å². The highest BCUT2D eigenvalue weighted by atomic mass is 16.5. The monoisotopic (exact) mass is 231 g/mol. The summed E-state index contributed by atoms with van der Waals surface area (Å²) in [6.07, 6.45) is 2.83. The number of hydrogen-bond acceptors (Lipinski definition) is 4. The summed E-state index contributed by atoms with van der Waals surface area (Å²) in [5, 5.41) is 12.3. The Labute approximate surface area is 98.4 Å². The maximum Gasteiger partial charge on any atom is 0.322 e. The van der Waals surface area contributed by atoms with E-state index in [-0.39, 0.29) is 30.6 Å². The molecule has 0 radical (unpaired) electrons. The number of methoxy groups -OCH3 is 1. The summed E-state index contributed by atoms with van der Waals surface area (Å²) >= 11 is 0. The van der Waals surface area contributed by atoms with Gasteiger partial charge in [-0.05, 0) is 19.3 Å². The third kappa shape index (κ3) is 5.47. The zero-order valence-electron chi connectivity index (χ0n) is 10.8. The first-order valence-corrected chi connectivity index (χ1v) is 6.01. The molecule has 0 bridgehead atoms. The first-order valence-electron chi connectivity index (χ1n) is 6.01. The predicted octanol–water partition coefficient (Wildman–Crippen LogP) is 1.32. The van der Waals surface area contributed by atoms with Crippen molar-refractivity contribution in [3.8, 4) is 0 Å². The Morgan fingerprint density at radius 2 is 2.06 bits per heavy atom. The van der Waals surface area contributed by atoms with Crippen LogP contribution >= 0.6 is 0 Å². The molecule has 3 unspecified atom stereocenters. The molecule has 0 saturated heterocycles. The van der Waals surface area contributed by atoms with Gasteiger partial charge in [-0.3, -0.25) is 4.79 Å². The third-order valence-electron chi connectivity index (χ3n) is 2.94. The van der Waals surface area contributed by atoms with Gasteiger partial charge in [0.25, 0.3) is 0 Å². The molecule has 0 aromatic carbocycles. The quantitative estimate of drug-likeness (QED) is 0.619. The van der Waals surface area contributed by atoms with Crippen molar-refractivity contribution in [3.63, 3.8) is 0 Å². The molecule has 4 heteroatoms. The minimum Gasteiger partial charge on any atom is -0.468 e. The van der Waals surface area contributed by atoms with Crippen molar-refractivity contribution in [2.24, 2.45) is 5.92 Å². The Bertz CT molecular complexity index is 197. The SMILES string of the molecule is CCCCC(NC(C)C(C)CO)C(=O)OC. The average Bonchev–Trinajstić information content (AvgIpc) is 2.31. The van der Waals surface area contributed by atoms with E-state index >= 15 is 0 Å². The molecule has 0 heterocycles. The zero-order valence-corrected chi connectivity index (χ0v) is 10.8. The van der Waals surface area contributed by atoms with Crippen molar-refractivity contribution >= 4 is 5.97 Å². The van der Waals surface area contributed by atoms with Crippen molar-refractivity contribution in [1.29, 1.82) is 0 Å². The van der Waals surface area contributed by atoms with Gasteiger partial charge in [-0.1, -0.05) is 26.7 Å². The lowest BCUT2D eigenvalue weighted by Crippen LogP contribution is -2.45. The Morgan fingerprint density at radius 1 is 1.44 bits per heavy atom. The minimum atomic E-state index is -0.256. The molecule has 0 aromatic heterocycles. The minimum absolute atomic E-state index is 0.103. The van der Waals surface area contributed by atoms with Crippen LogP contribution in [0.3, 0.4) is 0 Å². The van der Waals surface area contributed by atoms with Crippen molar-refractivity contribution < 1.29 is 14.6 Å². The second-order valence-corrected chi connectivity index (χ2v) is 4.33. The van der Waals surface area contributed by atoms with E-state index in [1.165, 1.54) is 7.11 Å². The molecule has 0 aliphatic rings. The zero-order chi connectivity index (χ0) is 12.6. The lowest BCUT2D eigenvalue weighted by Gasteiger charge is -2.24. The molecule has 96 valence electrons. The summed E-state index contributed by atoms with van der Waals surface area (Å²) in [6.45, 7) is 6.14. The fraction of sp³-hybridized carbons (Fsp3) is 0.917. The number of nitrogens with one attached hydrogen (secondary N) is 1. The van der Waals surface area contributed by atoms with E-state index in [0.29, 0.717) is 0 Å². The van der Waals surface area contributed by atoms with Gasteiger partial charge >= 0.3 is 5.97 Å². The van der Waals surface area contributed by atoms with Crippen molar-refractivity contribution in [2.75, 3.05) is 13.7 Å². The summed E-state index contributed by atoms with van der Waals surface area (Å²) in [4.78, 5) is 11.5. The summed E-state index contributed by atoms with van der Waals surface area (Å²) in [7, 11) is 1.41. The molecular weight excluding hydrogens is 206 g/mol. The highest BCUT2D eigenvalue weighted by Gasteiger charge is 2.22. The first-order chi connectivity index (χ1) is 7.56. The van der Waals surface area contributed by atoms with Gasteiger partial charge in [-0.2, -0.15) is 0 Å². The van der Waals surface area contributed by atoms with Crippen LogP contribution in [0.2, 0.25) is 0 Å². The van der Waals surface area contributed by atoms with E-state index < -0.39 is 0 Å². The van der Waals surface area contributed by atoms with Gasteiger partial charge in [0.05, 0.1) is 7.11 Å². The molecule has 0 aliphatic heterocycles. The standard InChI is InChI=1S/C12H25NO3/c1-5-6-7-11(12(15)16-4)13-10(3)9(2)8-14/h9-11,13-14H,5-8H2,1-4H3. The van der Waals surface area contributed by atoms with Crippen LogP contribution in [0, 0.1) is 5.92 Å². The van der Waals surface area contributed by atoms with E-state index in [1.54, 1.807) is 0 Å². The smallest absolute Gasteiger partial charge is 0.322 e. The number of carbonyl (C=O) groups is 1. The number of ether oxygens (including phenoxy) is 1. The van der Waals surface area contributed by atoms with Gasteiger partial charge in [0, 0.05) is 12.6 Å². The largest absolute Gasteiger partial charge is 0.468 e. The van der Waals surface area contributed by atoms with Crippen LogP contribution in [0.4, 0.5) is 0 Å². The van der Waals surface area contributed by atoms with E-state index in [9.17, 15) is 4.79 Å². The van der Waals surface area contributed by atoms with Gasteiger partial charge in [-0.15, -0.1) is 0 Å². The first kappa shape index (κ1) is 15.4. The number of unbranched alkanes of at least 4 members (excludes halogenated alkanes) is 1. The van der Waals surface area contributed by atoms with Gasteiger partial charge in [-0.25, -0.2) is 0 Å². The van der Waals surface area contributed by atoms with Crippen molar-refractivity contribution in [2.45, 2.75) is 52.1 Å². The molecule has 0 spiro atoms. The summed E-state index contributed by atoms with van der Waals surface area (Å²) in [6, 6.07) is -0.153. The Hall–Kier alpha value is -0.610. The molecule has 2 N–H and O–H groups in total. The topological polar surface area (TPSA) is 58.6 Å². The van der Waals surface area contributed by atoms with Gasteiger partial charge in [0.2, 0.25) is 0 Å². The molecule has 0 fully saturated rings. The number of rotatable bonds is 8. The molecule has 0 aromatic rings. The normalized spacial score (nSPS) is 16.6. The highest BCUT2D eigenvalue weighted by molar-refractivity contribution is 5.75. The fourth-order valence-electron chi connectivity index (χ4n) is 1.46. The number of carbonyl (C=O) groups excluding carboxylic acids is 1. The van der Waals surface area contributed by atoms with Crippen molar-refractivity contribution in [3.05, 3.63) is 0 Å². The number of hydrogen-bond donors (Lipinski definition) is 2. The van der Waals surface area contributed by atoms with Crippen LogP contribution in [0.15, 0.2) is 0 Å². The molecule has 0 rings (SSSR count). The van der Waals surface area contributed by atoms with Crippen LogP contribution in [0.25, 0.3) is 0 Å². The maximum atomic E-state index is 11.5. The van der Waals surface area contributed by atoms with E-state index in [1.807, 2.05) is 13.8 Å². The van der Waals surface area contributed by atoms with Crippen LogP contribution in [0.1, 0.15) is 40.0 Å². The molecule has 16 heavy (non-hydrogen) atoms. The maximum absolute atomic E-state index is 11.5. The van der Waals surface area contributed by atoms with E-state index in [2.05, 4.69) is 12.2 Å². The van der Waals surface area contributed by atoms with Crippen LogP contribution in [-0.4, -0.2) is 36.9 Å². The van der Waals surface area contributed by atoms with Crippen LogP contribution in [-0.2, 0) is 9.53 Å². The molecule has 0 amide bonds. The summed E-state index contributed by atoms with van der Waals surface area (Å²) in [5.41, 5.74) is 0. The predicted molar refractivity (Wildman–Crippen MR) is 64.2 cm³/mol.